The number of carbonyl (C=O) groups is 3. The van der Waals surface area contributed by atoms with Gasteiger partial charge in [-0.1, -0.05) is 42.5 Å². The number of esters is 1. The Morgan fingerprint density at radius 1 is 1.19 bits per heavy atom. The predicted molar refractivity (Wildman–Crippen MR) is 123 cm³/mol. The van der Waals surface area contributed by atoms with Gasteiger partial charge in [0, 0.05) is 24.4 Å². The average molecular weight is 451 g/mol. The number of benzene rings is 2. The third kappa shape index (κ3) is 4.94. The maximum absolute atomic E-state index is 12.9. The van der Waals surface area contributed by atoms with Gasteiger partial charge in [-0.15, -0.1) is 11.3 Å². The number of para-hydroxylation sites is 2. The number of anilines is 3. The standard InChI is InChI=1S/C23H22N4O4S/c1-15-11-20(28)25-17-9-5-6-10-19(17)27(15)21(29)13-31-22(30)18-14-32-23(26-18)24-12-16-7-3-2-4-8-16/h2-10,14-15H,11-13H2,1H3,(H,24,26)(H,25,28). The summed E-state index contributed by atoms with van der Waals surface area (Å²) in [5, 5.41) is 8.14. The summed E-state index contributed by atoms with van der Waals surface area (Å²) in [6.07, 6.45) is 0.150. The molecule has 2 N–H and O–H groups in total. The Morgan fingerprint density at radius 2 is 1.94 bits per heavy atom. The molecule has 1 aliphatic heterocycles. The number of hydrogen-bond acceptors (Lipinski definition) is 7. The Kier molecular flexibility index (Phi) is 6.46. The van der Waals surface area contributed by atoms with Crippen LogP contribution in [-0.2, 0) is 20.9 Å². The van der Waals surface area contributed by atoms with Crippen LogP contribution in [0.25, 0.3) is 0 Å². The fraction of sp³-hybridized carbons (Fsp3) is 0.217. The zero-order valence-corrected chi connectivity index (χ0v) is 18.2. The molecule has 0 bridgehead atoms. The minimum atomic E-state index is -0.674. The summed E-state index contributed by atoms with van der Waals surface area (Å²) in [7, 11) is 0. The number of nitrogens with zero attached hydrogens (tertiary/aromatic N) is 2. The highest BCUT2D eigenvalue weighted by atomic mass is 32.1. The van der Waals surface area contributed by atoms with Crippen molar-refractivity contribution in [3.05, 3.63) is 71.2 Å². The van der Waals surface area contributed by atoms with Crippen molar-refractivity contribution in [1.82, 2.24) is 4.98 Å². The summed E-state index contributed by atoms with van der Waals surface area (Å²) in [4.78, 5) is 43.1. The van der Waals surface area contributed by atoms with Crippen LogP contribution in [-0.4, -0.2) is 35.4 Å². The number of amides is 2. The molecule has 164 valence electrons. The van der Waals surface area contributed by atoms with Crippen molar-refractivity contribution in [3.8, 4) is 0 Å². The van der Waals surface area contributed by atoms with Crippen molar-refractivity contribution in [2.45, 2.75) is 25.9 Å². The zero-order chi connectivity index (χ0) is 22.5. The molecule has 32 heavy (non-hydrogen) atoms. The number of rotatable bonds is 6. The number of fused-ring (bicyclic) bond motifs is 1. The second kappa shape index (κ2) is 9.61. The summed E-state index contributed by atoms with van der Waals surface area (Å²) < 4.78 is 5.23. The van der Waals surface area contributed by atoms with Gasteiger partial charge in [-0.3, -0.25) is 9.59 Å². The lowest BCUT2D eigenvalue weighted by molar-refractivity contribution is -0.122. The minimum Gasteiger partial charge on any atom is -0.451 e. The second-order valence-corrected chi connectivity index (χ2v) is 8.19. The molecule has 2 heterocycles. The van der Waals surface area contributed by atoms with E-state index < -0.39 is 18.5 Å². The first kappa shape index (κ1) is 21.5. The van der Waals surface area contributed by atoms with E-state index in [0.717, 1.165) is 5.56 Å². The molecule has 0 saturated heterocycles. The molecule has 0 radical (unpaired) electrons. The van der Waals surface area contributed by atoms with Crippen LogP contribution in [0.3, 0.4) is 0 Å². The fourth-order valence-corrected chi connectivity index (χ4v) is 4.14. The third-order valence-electron chi connectivity index (χ3n) is 4.95. The Morgan fingerprint density at radius 3 is 2.75 bits per heavy atom. The molecule has 2 aromatic carbocycles. The zero-order valence-electron chi connectivity index (χ0n) is 17.4. The van der Waals surface area contributed by atoms with Crippen LogP contribution in [0.15, 0.2) is 60.0 Å². The lowest BCUT2D eigenvalue weighted by atomic mass is 10.1. The van der Waals surface area contributed by atoms with Crippen LogP contribution in [0.1, 0.15) is 29.4 Å². The van der Waals surface area contributed by atoms with E-state index in [1.165, 1.54) is 16.2 Å². The number of hydrogen-bond donors (Lipinski definition) is 2. The van der Waals surface area contributed by atoms with Gasteiger partial charge in [0.05, 0.1) is 11.4 Å². The first-order valence-electron chi connectivity index (χ1n) is 10.1. The SMILES string of the molecule is CC1CC(=O)Nc2ccccc2N1C(=O)COC(=O)c1csc(NCc2ccccc2)n1. The van der Waals surface area contributed by atoms with Crippen molar-refractivity contribution in [1.29, 1.82) is 0 Å². The van der Waals surface area contributed by atoms with Crippen LogP contribution in [0, 0.1) is 0 Å². The molecule has 0 spiro atoms. The van der Waals surface area contributed by atoms with Gasteiger partial charge in [0.15, 0.2) is 17.4 Å². The first-order chi connectivity index (χ1) is 15.5. The molecule has 1 atom stereocenters. The van der Waals surface area contributed by atoms with Gasteiger partial charge in [-0.2, -0.15) is 0 Å². The molecule has 1 aliphatic rings. The van der Waals surface area contributed by atoms with Crippen molar-refractivity contribution in [3.63, 3.8) is 0 Å². The van der Waals surface area contributed by atoms with E-state index in [1.807, 2.05) is 30.3 Å². The molecule has 2 amide bonds. The third-order valence-corrected chi connectivity index (χ3v) is 5.75. The quantitative estimate of drug-likeness (QED) is 0.556. The number of ether oxygens (including phenoxy) is 1. The Bertz CT molecular complexity index is 1130. The minimum absolute atomic E-state index is 0.138. The van der Waals surface area contributed by atoms with Gasteiger partial charge in [-0.05, 0) is 24.6 Å². The number of nitrogens with one attached hydrogen (secondary N) is 2. The van der Waals surface area contributed by atoms with Gasteiger partial charge in [-0.25, -0.2) is 9.78 Å². The highest BCUT2D eigenvalue weighted by Gasteiger charge is 2.30. The van der Waals surface area contributed by atoms with E-state index in [9.17, 15) is 14.4 Å². The highest BCUT2D eigenvalue weighted by Crippen LogP contribution is 2.31. The average Bonchev–Trinajstić information content (AvgIpc) is 3.22. The Balaban J connectivity index is 1.37. The molecular formula is C23H22N4O4S. The van der Waals surface area contributed by atoms with Crippen LogP contribution in [0.4, 0.5) is 16.5 Å². The van der Waals surface area contributed by atoms with E-state index in [4.69, 9.17) is 4.74 Å². The molecule has 0 fully saturated rings. The largest absolute Gasteiger partial charge is 0.451 e. The monoisotopic (exact) mass is 450 g/mol. The molecular weight excluding hydrogens is 428 g/mol. The van der Waals surface area contributed by atoms with Crippen molar-refractivity contribution < 1.29 is 19.1 Å². The predicted octanol–water partition coefficient (Wildman–Crippen LogP) is 3.68. The smallest absolute Gasteiger partial charge is 0.358 e. The van der Waals surface area contributed by atoms with Gasteiger partial charge in [0.25, 0.3) is 5.91 Å². The molecule has 8 nitrogen and oxygen atoms in total. The van der Waals surface area contributed by atoms with E-state index in [1.54, 1.807) is 36.6 Å². The molecule has 3 aromatic rings. The lowest BCUT2D eigenvalue weighted by Gasteiger charge is -2.27. The summed E-state index contributed by atoms with van der Waals surface area (Å²) in [6, 6.07) is 16.5. The fourth-order valence-electron chi connectivity index (χ4n) is 3.46. The van der Waals surface area contributed by atoms with E-state index in [2.05, 4.69) is 15.6 Å². The van der Waals surface area contributed by atoms with Crippen LogP contribution in [0.2, 0.25) is 0 Å². The van der Waals surface area contributed by atoms with Gasteiger partial charge >= 0.3 is 5.97 Å². The van der Waals surface area contributed by atoms with Gasteiger partial charge < -0.3 is 20.3 Å². The molecule has 1 unspecified atom stereocenters. The summed E-state index contributed by atoms with van der Waals surface area (Å²) in [5.74, 6) is -1.25. The highest BCUT2D eigenvalue weighted by molar-refractivity contribution is 7.13. The van der Waals surface area contributed by atoms with Gasteiger partial charge in [0.1, 0.15) is 0 Å². The molecule has 0 aliphatic carbocycles. The lowest BCUT2D eigenvalue weighted by Crippen LogP contribution is -2.41. The topological polar surface area (TPSA) is 101 Å². The second-order valence-electron chi connectivity index (χ2n) is 7.34. The van der Waals surface area contributed by atoms with Crippen molar-refractivity contribution in [2.75, 3.05) is 22.1 Å². The Hall–Kier alpha value is -3.72. The maximum Gasteiger partial charge on any atom is 0.358 e. The van der Waals surface area contributed by atoms with Gasteiger partial charge in [0.2, 0.25) is 5.91 Å². The van der Waals surface area contributed by atoms with Crippen LogP contribution in [0.5, 0.6) is 0 Å². The number of aromatic nitrogens is 1. The molecule has 9 heteroatoms. The van der Waals surface area contributed by atoms with E-state index >= 15 is 0 Å². The molecule has 4 rings (SSSR count). The first-order valence-corrected chi connectivity index (χ1v) is 11.0. The maximum atomic E-state index is 12.9. The molecule has 1 aromatic heterocycles. The summed E-state index contributed by atoms with van der Waals surface area (Å²) in [6.45, 7) is 1.92. The Labute approximate surface area is 189 Å². The summed E-state index contributed by atoms with van der Waals surface area (Å²) >= 11 is 1.29. The molecule has 0 saturated carbocycles. The number of thiazole rings is 1. The summed E-state index contributed by atoms with van der Waals surface area (Å²) in [5.41, 5.74) is 2.36. The van der Waals surface area contributed by atoms with E-state index in [-0.39, 0.29) is 24.1 Å². The van der Waals surface area contributed by atoms with E-state index in [0.29, 0.717) is 23.1 Å². The van der Waals surface area contributed by atoms with Crippen LogP contribution < -0.4 is 15.5 Å². The van der Waals surface area contributed by atoms with Crippen molar-refractivity contribution >= 4 is 45.6 Å². The van der Waals surface area contributed by atoms with Crippen molar-refractivity contribution in [2.24, 2.45) is 0 Å². The normalized spacial score (nSPS) is 15.3. The van der Waals surface area contributed by atoms with Crippen LogP contribution >= 0.6 is 11.3 Å². The number of carbonyl (C=O) groups excluding carboxylic acids is 3.